The Morgan fingerprint density at radius 2 is 2.06 bits per heavy atom. The number of likely N-dealkylation sites (tertiary alicyclic amines) is 1. The standard InChI is InChI=1S/C15H17NO/c1-11(12-5-3-2-4-6-12)16-14-8-7-13(9-14)15(16)10-17/h2-8,10-11,13-15H,9H2,1H3/t11-,13+,14-,15-/m0/s1. The molecule has 0 N–H and O–H groups in total. The van der Waals surface area contributed by atoms with Gasteiger partial charge in [-0.25, -0.2) is 0 Å². The molecule has 1 aliphatic carbocycles. The summed E-state index contributed by atoms with van der Waals surface area (Å²) in [6, 6.07) is 11.3. The minimum Gasteiger partial charge on any atom is -0.302 e. The second kappa shape index (κ2) is 4.11. The van der Waals surface area contributed by atoms with Crippen molar-refractivity contribution in [3.63, 3.8) is 0 Å². The highest BCUT2D eigenvalue weighted by atomic mass is 16.1. The van der Waals surface area contributed by atoms with Crippen molar-refractivity contribution in [2.24, 2.45) is 5.92 Å². The lowest BCUT2D eigenvalue weighted by molar-refractivity contribution is -0.113. The zero-order chi connectivity index (χ0) is 11.8. The predicted octanol–water partition coefficient (Wildman–Crippen LogP) is 2.58. The molecule has 0 aromatic heterocycles. The quantitative estimate of drug-likeness (QED) is 0.584. The first kappa shape index (κ1) is 10.7. The van der Waals surface area contributed by atoms with Crippen LogP contribution in [-0.4, -0.2) is 23.3 Å². The third-order valence-electron chi connectivity index (χ3n) is 4.13. The smallest absolute Gasteiger partial charge is 0.137 e. The third kappa shape index (κ3) is 1.64. The van der Waals surface area contributed by atoms with E-state index in [-0.39, 0.29) is 6.04 Å². The van der Waals surface area contributed by atoms with E-state index >= 15 is 0 Å². The summed E-state index contributed by atoms with van der Waals surface area (Å²) >= 11 is 0. The second-order valence-electron chi connectivity index (χ2n) is 5.01. The molecule has 17 heavy (non-hydrogen) atoms. The van der Waals surface area contributed by atoms with Crippen LogP contribution in [0.2, 0.25) is 0 Å². The molecule has 1 heterocycles. The molecule has 1 aromatic carbocycles. The van der Waals surface area contributed by atoms with Crippen LogP contribution in [0.1, 0.15) is 24.9 Å². The fraction of sp³-hybridized carbons (Fsp3) is 0.400. The number of rotatable bonds is 3. The van der Waals surface area contributed by atoms with Crippen molar-refractivity contribution in [1.82, 2.24) is 4.90 Å². The lowest BCUT2D eigenvalue weighted by atomic mass is 10.0. The number of nitrogens with zero attached hydrogens (tertiary/aromatic N) is 1. The van der Waals surface area contributed by atoms with Gasteiger partial charge in [0.2, 0.25) is 0 Å². The molecule has 2 bridgehead atoms. The highest BCUT2D eigenvalue weighted by Gasteiger charge is 2.44. The Labute approximate surface area is 102 Å². The molecule has 1 saturated heterocycles. The topological polar surface area (TPSA) is 20.3 Å². The maximum atomic E-state index is 11.3. The maximum Gasteiger partial charge on any atom is 0.137 e. The molecule has 2 heteroatoms. The van der Waals surface area contributed by atoms with Crippen LogP contribution in [0.5, 0.6) is 0 Å². The molecule has 0 amide bonds. The van der Waals surface area contributed by atoms with Crippen molar-refractivity contribution in [2.75, 3.05) is 0 Å². The number of fused-ring (bicyclic) bond motifs is 2. The van der Waals surface area contributed by atoms with Gasteiger partial charge in [-0.3, -0.25) is 4.90 Å². The van der Waals surface area contributed by atoms with E-state index in [1.165, 1.54) is 5.56 Å². The monoisotopic (exact) mass is 227 g/mol. The van der Waals surface area contributed by atoms with Gasteiger partial charge in [0.25, 0.3) is 0 Å². The minimum absolute atomic E-state index is 0.0696. The van der Waals surface area contributed by atoms with E-state index in [0.717, 1.165) is 12.7 Å². The summed E-state index contributed by atoms with van der Waals surface area (Å²) in [5.41, 5.74) is 1.29. The van der Waals surface area contributed by atoms with Crippen molar-refractivity contribution in [3.8, 4) is 0 Å². The van der Waals surface area contributed by atoms with Gasteiger partial charge >= 0.3 is 0 Å². The second-order valence-corrected chi connectivity index (χ2v) is 5.01. The highest BCUT2D eigenvalue weighted by molar-refractivity contribution is 5.61. The first-order valence-electron chi connectivity index (χ1n) is 6.27. The number of benzene rings is 1. The number of hydrogen-bond donors (Lipinski definition) is 0. The molecule has 0 unspecified atom stereocenters. The fourth-order valence-corrected chi connectivity index (χ4v) is 3.24. The van der Waals surface area contributed by atoms with Gasteiger partial charge < -0.3 is 4.79 Å². The van der Waals surface area contributed by atoms with Crippen LogP contribution in [0, 0.1) is 5.92 Å². The SMILES string of the molecule is C[C@@H](c1ccccc1)N1[C@H]2C=C[C@H](C2)[C@@H]1C=O. The largest absolute Gasteiger partial charge is 0.302 e. The number of carbonyl (C=O) groups is 1. The Morgan fingerprint density at radius 1 is 1.29 bits per heavy atom. The van der Waals surface area contributed by atoms with Gasteiger partial charge in [-0.05, 0) is 18.9 Å². The van der Waals surface area contributed by atoms with Crippen LogP contribution in [0.4, 0.5) is 0 Å². The zero-order valence-electron chi connectivity index (χ0n) is 9.99. The predicted molar refractivity (Wildman–Crippen MR) is 67.6 cm³/mol. The Morgan fingerprint density at radius 3 is 2.76 bits per heavy atom. The summed E-state index contributed by atoms with van der Waals surface area (Å²) in [5.74, 6) is 0.434. The van der Waals surface area contributed by atoms with E-state index in [4.69, 9.17) is 0 Å². The van der Waals surface area contributed by atoms with Crippen molar-refractivity contribution in [3.05, 3.63) is 48.0 Å². The molecule has 4 atom stereocenters. The van der Waals surface area contributed by atoms with Crippen molar-refractivity contribution >= 4 is 6.29 Å². The summed E-state index contributed by atoms with van der Waals surface area (Å²) in [4.78, 5) is 13.6. The summed E-state index contributed by atoms with van der Waals surface area (Å²) in [6.45, 7) is 2.19. The third-order valence-corrected chi connectivity index (χ3v) is 4.13. The van der Waals surface area contributed by atoms with Crippen molar-refractivity contribution < 1.29 is 4.79 Å². The molecule has 1 fully saturated rings. The molecule has 0 saturated carbocycles. The van der Waals surface area contributed by atoms with E-state index < -0.39 is 0 Å². The minimum atomic E-state index is 0.0696. The van der Waals surface area contributed by atoms with Crippen molar-refractivity contribution in [2.45, 2.75) is 31.5 Å². The van der Waals surface area contributed by atoms with Gasteiger partial charge in [-0.15, -0.1) is 0 Å². The average molecular weight is 227 g/mol. The molecule has 2 aliphatic rings. The van der Waals surface area contributed by atoms with Crippen LogP contribution in [0.25, 0.3) is 0 Å². The Kier molecular flexibility index (Phi) is 2.60. The number of hydrogen-bond acceptors (Lipinski definition) is 2. The van der Waals surface area contributed by atoms with Crippen LogP contribution in [0.15, 0.2) is 42.5 Å². The lowest BCUT2D eigenvalue weighted by Crippen LogP contribution is -2.41. The van der Waals surface area contributed by atoms with Crippen LogP contribution < -0.4 is 0 Å². The number of carbonyl (C=O) groups excluding carboxylic acids is 1. The first-order valence-corrected chi connectivity index (χ1v) is 6.27. The number of aldehydes is 1. The van der Waals surface area contributed by atoms with Crippen molar-refractivity contribution in [1.29, 1.82) is 0 Å². The molecule has 88 valence electrons. The molecule has 2 nitrogen and oxygen atoms in total. The summed E-state index contributed by atoms with van der Waals surface area (Å²) in [6.07, 6.45) is 6.69. The molecule has 3 rings (SSSR count). The maximum absolute atomic E-state index is 11.3. The van der Waals surface area contributed by atoms with E-state index in [2.05, 4.69) is 48.2 Å². The Balaban J connectivity index is 1.89. The van der Waals surface area contributed by atoms with Gasteiger partial charge in [-0.2, -0.15) is 0 Å². The molecule has 0 radical (unpaired) electrons. The Hall–Kier alpha value is -1.41. The van der Waals surface area contributed by atoms with Gasteiger partial charge in [-0.1, -0.05) is 42.5 Å². The van der Waals surface area contributed by atoms with Gasteiger partial charge in [0, 0.05) is 18.0 Å². The van der Waals surface area contributed by atoms with Gasteiger partial charge in [0.15, 0.2) is 0 Å². The van der Waals surface area contributed by atoms with Crippen LogP contribution >= 0.6 is 0 Å². The van der Waals surface area contributed by atoms with Gasteiger partial charge in [0.1, 0.15) is 6.29 Å². The molecular weight excluding hydrogens is 210 g/mol. The highest BCUT2D eigenvalue weighted by Crippen LogP contribution is 2.41. The van der Waals surface area contributed by atoms with E-state index in [0.29, 0.717) is 18.0 Å². The van der Waals surface area contributed by atoms with Crippen LogP contribution in [-0.2, 0) is 4.79 Å². The van der Waals surface area contributed by atoms with Gasteiger partial charge in [0.05, 0.1) is 6.04 Å². The first-order chi connectivity index (χ1) is 8.31. The van der Waals surface area contributed by atoms with E-state index in [1.54, 1.807) is 0 Å². The molecule has 1 aliphatic heterocycles. The van der Waals surface area contributed by atoms with Crippen LogP contribution in [0.3, 0.4) is 0 Å². The molecular formula is C15H17NO. The normalized spacial score (nSPS) is 32.9. The lowest BCUT2D eigenvalue weighted by Gasteiger charge is -2.34. The zero-order valence-corrected chi connectivity index (χ0v) is 9.99. The van der Waals surface area contributed by atoms with E-state index in [9.17, 15) is 4.79 Å². The fourth-order valence-electron chi connectivity index (χ4n) is 3.24. The Bertz CT molecular complexity index is 439. The average Bonchev–Trinajstić information content (AvgIpc) is 2.98. The summed E-state index contributed by atoms with van der Waals surface area (Å²) in [7, 11) is 0. The summed E-state index contributed by atoms with van der Waals surface area (Å²) < 4.78 is 0. The summed E-state index contributed by atoms with van der Waals surface area (Å²) in [5, 5.41) is 0. The molecule has 0 spiro atoms. The van der Waals surface area contributed by atoms with E-state index in [1.807, 2.05) is 6.07 Å². The molecule has 1 aromatic rings.